The maximum Gasteiger partial charge on any atom is 0.574 e. The van der Waals surface area contributed by atoms with E-state index in [-0.39, 0.29) is 6.07 Å². The lowest BCUT2D eigenvalue weighted by Gasteiger charge is -2.17. The van der Waals surface area contributed by atoms with Crippen molar-refractivity contribution < 1.29 is 39.9 Å². The third-order valence-corrected chi connectivity index (χ3v) is 2.04. The highest BCUT2D eigenvalue weighted by molar-refractivity contribution is 5.38. The van der Waals surface area contributed by atoms with Crippen LogP contribution in [0.5, 0.6) is 5.88 Å². The van der Waals surface area contributed by atoms with E-state index in [2.05, 4.69) is 9.72 Å². The standard InChI is InChI=1S/C9H6F8N2O/c10-7(11)6-5(8(12,13)14)3(2-18)1-4(19-6)20-9(15,16)17/h1,7H,2,18H2. The molecule has 0 aliphatic carbocycles. The van der Waals surface area contributed by atoms with Gasteiger partial charge >= 0.3 is 12.5 Å². The van der Waals surface area contributed by atoms with E-state index < -0.39 is 48.2 Å². The lowest BCUT2D eigenvalue weighted by molar-refractivity contribution is -0.276. The average Bonchev–Trinajstić information content (AvgIpc) is 2.23. The molecule has 114 valence electrons. The molecule has 0 aromatic carbocycles. The summed E-state index contributed by atoms with van der Waals surface area (Å²) in [7, 11) is 0. The van der Waals surface area contributed by atoms with Crippen molar-refractivity contribution in [1.29, 1.82) is 0 Å². The van der Waals surface area contributed by atoms with Crippen LogP contribution in [0.2, 0.25) is 0 Å². The van der Waals surface area contributed by atoms with Crippen LogP contribution in [0.25, 0.3) is 0 Å². The molecule has 0 bridgehead atoms. The zero-order valence-corrected chi connectivity index (χ0v) is 9.32. The van der Waals surface area contributed by atoms with E-state index in [1.54, 1.807) is 0 Å². The Morgan fingerprint density at radius 1 is 1.15 bits per heavy atom. The second-order valence-corrected chi connectivity index (χ2v) is 3.43. The quantitative estimate of drug-likeness (QED) is 0.871. The molecule has 1 aromatic rings. The molecule has 0 aliphatic rings. The SMILES string of the molecule is NCc1cc(OC(F)(F)F)nc(C(F)F)c1C(F)(F)F. The molecule has 0 unspecified atom stereocenters. The van der Waals surface area contributed by atoms with Crippen molar-refractivity contribution in [3.05, 3.63) is 22.9 Å². The van der Waals surface area contributed by atoms with Crippen LogP contribution in [-0.4, -0.2) is 11.3 Å². The van der Waals surface area contributed by atoms with E-state index in [1.807, 2.05) is 0 Å². The lowest BCUT2D eigenvalue weighted by atomic mass is 10.1. The Morgan fingerprint density at radius 3 is 2.05 bits per heavy atom. The first-order chi connectivity index (χ1) is 8.95. The summed E-state index contributed by atoms with van der Waals surface area (Å²) in [4.78, 5) is 2.56. The van der Waals surface area contributed by atoms with Gasteiger partial charge in [-0.15, -0.1) is 13.2 Å². The minimum atomic E-state index is -5.28. The van der Waals surface area contributed by atoms with Gasteiger partial charge in [0.25, 0.3) is 6.43 Å². The van der Waals surface area contributed by atoms with Crippen LogP contribution in [0, 0.1) is 0 Å². The Bertz CT molecular complexity index is 482. The van der Waals surface area contributed by atoms with Gasteiger partial charge in [0.1, 0.15) is 5.69 Å². The lowest BCUT2D eigenvalue weighted by Crippen LogP contribution is -2.21. The van der Waals surface area contributed by atoms with Crippen LogP contribution in [0.4, 0.5) is 35.1 Å². The first-order valence-corrected chi connectivity index (χ1v) is 4.80. The Hall–Kier alpha value is -1.65. The largest absolute Gasteiger partial charge is 0.574 e. The summed E-state index contributed by atoms with van der Waals surface area (Å²) >= 11 is 0. The Balaban J connectivity index is 3.47. The Labute approximate surface area is 106 Å². The fraction of sp³-hybridized carbons (Fsp3) is 0.444. The van der Waals surface area contributed by atoms with E-state index in [9.17, 15) is 35.1 Å². The number of rotatable bonds is 3. The van der Waals surface area contributed by atoms with Crippen LogP contribution < -0.4 is 10.5 Å². The molecule has 0 aliphatic heterocycles. The van der Waals surface area contributed by atoms with E-state index in [1.165, 1.54) is 0 Å². The van der Waals surface area contributed by atoms with Gasteiger partial charge in [-0.05, 0) is 5.56 Å². The summed E-state index contributed by atoms with van der Waals surface area (Å²) in [5.74, 6) is -1.43. The van der Waals surface area contributed by atoms with Gasteiger partial charge in [-0.25, -0.2) is 13.8 Å². The van der Waals surface area contributed by atoms with Gasteiger partial charge in [-0.1, -0.05) is 0 Å². The van der Waals surface area contributed by atoms with Gasteiger partial charge in [0.05, 0.1) is 5.56 Å². The van der Waals surface area contributed by atoms with E-state index in [0.717, 1.165) is 0 Å². The van der Waals surface area contributed by atoms with Gasteiger partial charge < -0.3 is 10.5 Å². The Morgan fingerprint density at radius 2 is 1.70 bits per heavy atom. The van der Waals surface area contributed by atoms with Crippen LogP contribution in [-0.2, 0) is 12.7 Å². The fourth-order valence-corrected chi connectivity index (χ4v) is 1.41. The zero-order chi connectivity index (χ0) is 15.7. The van der Waals surface area contributed by atoms with Crippen molar-refractivity contribution in [3.8, 4) is 5.88 Å². The molecular formula is C9H6F8N2O. The highest BCUT2D eigenvalue weighted by Crippen LogP contribution is 2.39. The normalized spacial score (nSPS) is 12.9. The van der Waals surface area contributed by atoms with Crippen molar-refractivity contribution in [2.45, 2.75) is 25.5 Å². The molecule has 0 saturated carbocycles. The molecule has 0 spiro atoms. The summed E-state index contributed by atoms with van der Waals surface area (Å²) in [6.45, 7) is -0.911. The van der Waals surface area contributed by atoms with Crippen molar-refractivity contribution >= 4 is 0 Å². The number of halogens is 8. The summed E-state index contributed by atoms with van der Waals surface area (Å²) in [5, 5.41) is 0. The zero-order valence-electron chi connectivity index (χ0n) is 9.32. The van der Waals surface area contributed by atoms with E-state index in [0.29, 0.717) is 0 Å². The fourth-order valence-electron chi connectivity index (χ4n) is 1.41. The molecular weight excluding hydrogens is 304 g/mol. The second kappa shape index (κ2) is 5.38. The molecule has 0 amide bonds. The van der Waals surface area contributed by atoms with Crippen molar-refractivity contribution in [1.82, 2.24) is 4.98 Å². The van der Waals surface area contributed by atoms with Gasteiger partial charge in [-0.3, -0.25) is 0 Å². The van der Waals surface area contributed by atoms with Gasteiger partial charge in [-0.2, -0.15) is 13.2 Å². The van der Waals surface area contributed by atoms with Gasteiger partial charge in [0.2, 0.25) is 5.88 Å². The van der Waals surface area contributed by atoms with Crippen molar-refractivity contribution in [2.75, 3.05) is 0 Å². The molecule has 0 radical (unpaired) electrons. The maximum atomic E-state index is 12.6. The number of hydrogen-bond donors (Lipinski definition) is 1. The van der Waals surface area contributed by atoms with Crippen LogP contribution in [0.3, 0.4) is 0 Å². The number of nitrogens with zero attached hydrogens (tertiary/aromatic N) is 1. The summed E-state index contributed by atoms with van der Waals surface area (Å²) in [6, 6.07) is 0.224. The van der Waals surface area contributed by atoms with Gasteiger partial charge in [0, 0.05) is 12.6 Å². The molecule has 11 heteroatoms. The number of pyridine rings is 1. The number of aromatic nitrogens is 1. The molecule has 0 atom stereocenters. The highest BCUT2D eigenvalue weighted by atomic mass is 19.4. The molecule has 1 heterocycles. The molecule has 20 heavy (non-hydrogen) atoms. The second-order valence-electron chi connectivity index (χ2n) is 3.43. The van der Waals surface area contributed by atoms with Gasteiger partial charge in [0.15, 0.2) is 0 Å². The van der Waals surface area contributed by atoms with Crippen molar-refractivity contribution in [3.63, 3.8) is 0 Å². The summed E-state index contributed by atoms with van der Waals surface area (Å²) in [6.07, 6.45) is -14.3. The third kappa shape index (κ3) is 3.92. The predicted molar refractivity (Wildman–Crippen MR) is 48.8 cm³/mol. The first kappa shape index (κ1) is 16.4. The third-order valence-electron chi connectivity index (χ3n) is 2.04. The topological polar surface area (TPSA) is 48.1 Å². The number of ether oxygens (including phenoxy) is 1. The monoisotopic (exact) mass is 310 g/mol. The first-order valence-electron chi connectivity index (χ1n) is 4.80. The minimum Gasteiger partial charge on any atom is -0.388 e. The molecule has 1 aromatic heterocycles. The smallest absolute Gasteiger partial charge is 0.388 e. The van der Waals surface area contributed by atoms with Crippen molar-refractivity contribution in [2.24, 2.45) is 5.73 Å². The van der Waals surface area contributed by atoms with Crippen LogP contribution in [0.1, 0.15) is 23.2 Å². The maximum absolute atomic E-state index is 12.6. The minimum absolute atomic E-state index is 0.224. The highest BCUT2D eigenvalue weighted by Gasteiger charge is 2.41. The molecule has 2 N–H and O–H groups in total. The molecule has 1 rings (SSSR count). The number of alkyl halides is 8. The average molecular weight is 310 g/mol. The van der Waals surface area contributed by atoms with Crippen LogP contribution in [0.15, 0.2) is 6.07 Å². The Kier molecular flexibility index (Phi) is 4.42. The molecule has 0 saturated heterocycles. The molecule has 0 fully saturated rings. The summed E-state index contributed by atoms with van der Waals surface area (Å²) in [5.41, 5.74) is 0.251. The van der Waals surface area contributed by atoms with E-state index >= 15 is 0 Å². The summed E-state index contributed by atoms with van der Waals surface area (Å²) < 4.78 is 102. The number of hydrogen-bond acceptors (Lipinski definition) is 3. The van der Waals surface area contributed by atoms with E-state index in [4.69, 9.17) is 5.73 Å². The number of nitrogens with two attached hydrogens (primary N) is 1. The predicted octanol–water partition coefficient (Wildman–Crippen LogP) is 3.40. The molecule has 3 nitrogen and oxygen atoms in total. The van der Waals surface area contributed by atoms with Crippen LogP contribution >= 0.6 is 0 Å².